The van der Waals surface area contributed by atoms with Crippen molar-refractivity contribution in [2.45, 2.75) is 25.8 Å². The maximum Gasteiger partial charge on any atom is 0.414 e. The van der Waals surface area contributed by atoms with Gasteiger partial charge in [-0.2, -0.15) is 4.98 Å². The molecule has 0 unspecified atom stereocenters. The molecular formula is C11H19ClN8O2. The number of nitrogens with zero attached hydrogens (tertiary/aromatic N) is 2. The minimum atomic E-state index is -0.784. The van der Waals surface area contributed by atoms with E-state index in [0.29, 0.717) is 0 Å². The van der Waals surface area contributed by atoms with Crippen LogP contribution in [0.4, 0.5) is 16.4 Å². The first-order valence-electron chi connectivity index (χ1n) is 6.48. The molecule has 10 nitrogen and oxygen atoms in total. The van der Waals surface area contributed by atoms with Crippen LogP contribution >= 0.6 is 11.6 Å². The molecule has 0 aromatic carbocycles. The molecule has 122 valence electrons. The minimum absolute atomic E-state index is 0.0550. The van der Waals surface area contributed by atoms with Crippen molar-refractivity contribution in [3.63, 3.8) is 0 Å². The first-order valence-corrected chi connectivity index (χ1v) is 6.86. The second kappa shape index (κ2) is 8.08. The summed E-state index contributed by atoms with van der Waals surface area (Å²) in [5.74, 6) is -0.609. The van der Waals surface area contributed by atoms with Gasteiger partial charge in [0.25, 0.3) is 5.88 Å². The summed E-state index contributed by atoms with van der Waals surface area (Å²) in [5, 5.41) is 12.3. The molecule has 1 aromatic heterocycles. The van der Waals surface area contributed by atoms with Crippen LogP contribution in [0.1, 0.15) is 19.8 Å². The Morgan fingerprint density at radius 3 is 2.68 bits per heavy atom. The Bertz CT molecular complexity index is 553. The van der Waals surface area contributed by atoms with Crippen LogP contribution in [0.25, 0.3) is 0 Å². The number of ether oxygens (including phenoxy) is 1. The van der Waals surface area contributed by atoms with Gasteiger partial charge in [0.15, 0.2) is 22.7 Å². The molecule has 0 spiro atoms. The Labute approximate surface area is 132 Å². The van der Waals surface area contributed by atoms with Gasteiger partial charge in [-0.25, -0.2) is 9.78 Å². The minimum Gasteiger partial charge on any atom is -0.387 e. The normalized spacial score (nSPS) is 11.5. The van der Waals surface area contributed by atoms with Gasteiger partial charge < -0.3 is 32.6 Å². The van der Waals surface area contributed by atoms with Crippen LogP contribution in [-0.4, -0.2) is 34.6 Å². The van der Waals surface area contributed by atoms with Crippen molar-refractivity contribution in [2.75, 3.05) is 18.0 Å². The molecule has 0 bridgehead atoms. The first kappa shape index (κ1) is 17.6. The molecule has 0 aliphatic heterocycles. The third-order valence-electron chi connectivity index (χ3n) is 2.55. The first-order chi connectivity index (χ1) is 10.3. The molecular weight excluding hydrogens is 312 g/mol. The van der Waals surface area contributed by atoms with Gasteiger partial charge in [0.2, 0.25) is 0 Å². The van der Waals surface area contributed by atoms with E-state index in [0.717, 1.165) is 12.8 Å². The molecule has 0 aliphatic carbocycles. The highest BCUT2D eigenvalue weighted by Gasteiger charge is 2.15. The van der Waals surface area contributed by atoms with Crippen molar-refractivity contribution in [1.82, 2.24) is 20.6 Å². The van der Waals surface area contributed by atoms with Crippen molar-refractivity contribution in [3.8, 4) is 5.88 Å². The van der Waals surface area contributed by atoms with E-state index < -0.39 is 6.09 Å². The van der Waals surface area contributed by atoms with Gasteiger partial charge in [0, 0.05) is 12.6 Å². The number of hydrogen-bond acceptors (Lipinski definition) is 7. The summed E-state index contributed by atoms with van der Waals surface area (Å²) in [5.41, 5.74) is 16.2. The molecule has 1 aromatic rings. The Hall–Kier alpha value is -2.49. The Kier molecular flexibility index (Phi) is 6.45. The molecule has 0 aliphatic rings. The molecule has 0 fully saturated rings. The molecule has 0 saturated heterocycles. The SMILES string of the molecule is CCC[C@@H](CNC(=O)Oc1nc(Cl)c(N)nc1N)NC(=N)N. The summed E-state index contributed by atoms with van der Waals surface area (Å²) >= 11 is 5.68. The summed E-state index contributed by atoms with van der Waals surface area (Å²) in [4.78, 5) is 19.1. The van der Waals surface area contributed by atoms with E-state index in [1.165, 1.54) is 0 Å². The van der Waals surface area contributed by atoms with Gasteiger partial charge in [0.1, 0.15) is 0 Å². The number of amides is 1. The van der Waals surface area contributed by atoms with Crippen LogP contribution in [0.5, 0.6) is 5.88 Å². The maximum absolute atomic E-state index is 11.7. The second-order valence-corrected chi connectivity index (χ2v) is 4.76. The lowest BCUT2D eigenvalue weighted by molar-refractivity contribution is 0.197. The van der Waals surface area contributed by atoms with Crippen LogP contribution in [0, 0.1) is 5.41 Å². The summed E-state index contributed by atoms with van der Waals surface area (Å²) in [7, 11) is 0. The van der Waals surface area contributed by atoms with Crippen molar-refractivity contribution in [3.05, 3.63) is 5.15 Å². The number of rotatable bonds is 6. The van der Waals surface area contributed by atoms with E-state index in [2.05, 4.69) is 20.6 Å². The number of halogens is 1. The van der Waals surface area contributed by atoms with E-state index in [4.69, 9.17) is 38.9 Å². The van der Waals surface area contributed by atoms with Gasteiger partial charge in [-0.15, -0.1) is 0 Å². The van der Waals surface area contributed by atoms with Crippen LogP contribution < -0.4 is 32.6 Å². The molecule has 1 rings (SSSR count). The number of nitrogens with two attached hydrogens (primary N) is 3. The highest BCUT2D eigenvalue weighted by atomic mass is 35.5. The second-order valence-electron chi connectivity index (χ2n) is 4.40. The fourth-order valence-corrected chi connectivity index (χ4v) is 1.75. The third-order valence-corrected chi connectivity index (χ3v) is 2.83. The van der Waals surface area contributed by atoms with E-state index in [9.17, 15) is 4.79 Å². The number of carbonyl (C=O) groups excluding carboxylic acids is 1. The molecule has 22 heavy (non-hydrogen) atoms. The van der Waals surface area contributed by atoms with Crippen molar-refractivity contribution >= 4 is 35.3 Å². The van der Waals surface area contributed by atoms with Crippen LogP contribution in [-0.2, 0) is 0 Å². The number of guanidine groups is 1. The Morgan fingerprint density at radius 2 is 2.09 bits per heavy atom. The maximum atomic E-state index is 11.7. The fourth-order valence-electron chi connectivity index (χ4n) is 1.63. The summed E-state index contributed by atoms with van der Waals surface area (Å²) < 4.78 is 4.91. The van der Waals surface area contributed by atoms with Crippen molar-refractivity contribution < 1.29 is 9.53 Å². The van der Waals surface area contributed by atoms with E-state index >= 15 is 0 Å². The highest BCUT2D eigenvalue weighted by molar-refractivity contribution is 6.31. The average Bonchev–Trinajstić information content (AvgIpc) is 2.42. The van der Waals surface area contributed by atoms with E-state index in [-0.39, 0.29) is 41.2 Å². The van der Waals surface area contributed by atoms with Gasteiger partial charge in [-0.1, -0.05) is 24.9 Å². The van der Waals surface area contributed by atoms with Crippen molar-refractivity contribution in [2.24, 2.45) is 5.73 Å². The fraction of sp³-hybridized carbons (Fsp3) is 0.455. The Morgan fingerprint density at radius 1 is 1.41 bits per heavy atom. The standard InChI is InChI=1S/C11H19ClN8O2/c1-2-3-5(18-10(15)16)4-17-11(21)22-9-8(14)20-7(13)6(12)19-9/h5H,2-4H2,1H3,(H,17,21)(H4,13,14,20)(H4,15,16,18)/t5-/m0/s1. The average molecular weight is 331 g/mol. The number of hydrogen-bond donors (Lipinski definition) is 6. The van der Waals surface area contributed by atoms with E-state index in [1.54, 1.807) is 0 Å². The molecule has 0 radical (unpaired) electrons. The zero-order valence-corrected chi connectivity index (χ0v) is 12.8. The lowest BCUT2D eigenvalue weighted by Gasteiger charge is -2.18. The molecule has 0 saturated carbocycles. The van der Waals surface area contributed by atoms with Crippen LogP contribution in [0.3, 0.4) is 0 Å². The van der Waals surface area contributed by atoms with Gasteiger partial charge in [-0.3, -0.25) is 5.41 Å². The van der Waals surface area contributed by atoms with Crippen LogP contribution in [0.15, 0.2) is 0 Å². The summed E-state index contributed by atoms with van der Waals surface area (Å²) in [6.45, 7) is 2.18. The number of anilines is 2. The molecule has 11 heteroatoms. The molecule has 1 atom stereocenters. The van der Waals surface area contributed by atoms with E-state index in [1.807, 2.05) is 6.92 Å². The number of carbonyl (C=O) groups is 1. The molecule has 9 N–H and O–H groups in total. The quantitative estimate of drug-likeness (QED) is 0.312. The van der Waals surface area contributed by atoms with Crippen LogP contribution in [0.2, 0.25) is 5.15 Å². The summed E-state index contributed by atoms with van der Waals surface area (Å²) in [6, 6.07) is -0.187. The lowest BCUT2D eigenvalue weighted by atomic mass is 10.1. The smallest absolute Gasteiger partial charge is 0.387 e. The topological polar surface area (TPSA) is 178 Å². The predicted octanol–water partition coefficient (Wildman–Crippen LogP) is 0.0346. The zero-order valence-electron chi connectivity index (χ0n) is 12.0. The molecule has 1 heterocycles. The van der Waals surface area contributed by atoms with Gasteiger partial charge in [-0.05, 0) is 6.42 Å². The molecule has 1 amide bonds. The van der Waals surface area contributed by atoms with Gasteiger partial charge >= 0.3 is 6.09 Å². The predicted molar refractivity (Wildman–Crippen MR) is 83.6 cm³/mol. The number of nitrogens with one attached hydrogen (secondary N) is 3. The summed E-state index contributed by atoms with van der Waals surface area (Å²) in [6.07, 6.45) is 0.789. The lowest BCUT2D eigenvalue weighted by Crippen LogP contribution is -2.46. The zero-order chi connectivity index (χ0) is 16.7. The highest BCUT2D eigenvalue weighted by Crippen LogP contribution is 2.22. The largest absolute Gasteiger partial charge is 0.414 e. The number of nitrogen functional groups attached to an aromatic ring is 2. The van der Waals surface area contributed by atoms with Gasteiger partial charge in [0.05, 0.1) is 0 Å². The Balaban J connectivity index is 2.58. The number of aromatic nitrogens is 2. The monoisotopic (exact) mass is 330 g/mol. The third kappa shape index (κ3) is 5.48. The van der Waals surface area contributed by atoms with Crippen molar-refractivity contribution in [1.29, 1.82) is 5.41 Å².